The molecule has 0 fully saturated rings. The number of hydrogen-bond donors (Lipinski definition) is 1. The minimum Gasteiger partial charge on any atom is -0.493 e. The van der Waals surface area contributed by atoms with Crippen molar-refractivity contribution in [1.82, 2.24) is 0 Å². The Hall–Kier alpha value is -2.46. The minimum absolute atomic E-state index is 0.143. The second kappa shape index (κ2) is 6.34. The monoisotopic (exact) mass is 329 g/mol. The number of halogens is 1. The van der Waals surface area contributed by atoms with Crippen molar-refractivity contribution in [3.05, 3.63) is 52.5 Å². The van der Waals surface area contributed by atoms with Gasteiger partial charge < -0.3 is 14.8 Å². The molecule has 2 aromatic carbocycles. The van der Waals surface area contributed by atoms with Crippen molar-refractivity contribution < 1.29 is 14.3 Å². The molecule has 4 nitrogen and oxygen atoms in total. The van der Waals surface area contributed by atoms with Crippen LogP contribution in [0.1, 0.15) is 18.1 Å². The van der Waals surface area contributed by atoms with E-state index in [2.05, 4.69) is 5.32 Å². The Kier molecular flexibility index (Phi) is 4.26. The quantitative estimate of drug-likeness (QED) is 0.853. The maximum absolute atomic E-state index is 12.2. The standard InChI is InChI=1S/C18H16ClNO3/c1-3-23-16-7-4-11(9-17(16)22-2)8-14-13-6-5-12(19)10-15(13)20-18(14)21/h4-10H,3H2,1-2H3,(H,20,21). The van der Waals surface area contributed by atoms with Crippen LogP contribution in [0.25, 0.3) is 11.6 Å². The summed E-state index contributed by atoms with van der Waals surface area (Å²) in [4.78, 5) is 12.2. The second-order valence-corrected chi connectivity index (χ2v) is 5.48. The van der Waals surface area contributed by atoms with Crippen LogP contribution < -0.4 is 14.8 Å². The normalized spacial score (nSPS) is 14.6. The number of methoxy groups -OCH3 is 1. The Bertz CT molecular complexity index is 799. The number of hydrogen-bond acceptors (Lipinski definition) is 3. The molecular formula is C18H16ClNO3. The van der Waals surface area contributed by atoms with Gasteiger partial charge in [-0.05, 0) is 42.8 Å². The van der Waals surface area contributed by atoms with Gasteiger partial charge in [0.2, 0.25) is 0 Å². The molecule has 0 saturated carbocycles. The summed E-state index contributed by atoms with van der Waals surface area (Å²) in [6, 6.07) is 10.9. The summed E-state index contributed by atoms with van der Waals surface area (Å²) in [5.41, 5.74) is 3.03. The third-order valence-electron chi connectivity index (χ3n) is 3.56. The van der Waals surface area contributed by atoms with Crippen molar-refractivity contribution in [3.8, 4) is 11.5 Å². The van der Waals surface area contributed by atoms with Gasteiger partial charge in [-0.3, -0.25) is 4.79 Å². The van der Waals surface area contributed by atoms with Gasteiger partial charge in [0.05, 0.1) is 19.4 Å². The highest BCUT2D eigenvalue weighted by molar-refractivity contribution is 6.36. The summed E-state index contributed by atoms with van der Waals surface area (Å²) >= 11 is 5.96. The van der Waals surface area contributed by atoms with Crippen LogP contribution in [0.5, 0.6) is 11.5 Å². The zero-order valence-electron chi connectivity index (χ0n) is 12.9. The molecule has 0 aliphatic carbocycles. The SMILES string of the molecule is CCOc1ccc(C=C2C(=O)Nc3cc(Cl)ccc32)cc1OC. The van der Waals surface area contributed by atoms with Crippen molar-refractivity contribution >= 4 is 34.8 Å². The van der Waals surface area contributed by atoms with E-state index in [0.29, 0.717) is 28.7 Å². The third-order valence-corrected chi connectivity index (χ3v) is 3.80. The molecule has 1 N–H and O–H groups in total. The molecule has 23 heavy (non-hydrogen) atoms. The highest BCUT2D eigenvalue weighted by Crippen LogP contribution is 2.36. The molecule has 1 heterocycles. The Morgan fingerprint density at radius 2 is 2.00 bits per heavy atom. The van der Waals surface area contributed by atoms with Crippen LogP contribution in [0.2, 0.25) is 5.02 Å². The Morgan fingerprint density at radius 1 is 1.17 bits per heavy atom. The Labute approximate surface area is 139 Å². The molecule has 2 aromatic rings. The third kappa shape index (κ3) is 3.03. The number of anilines is 1. The van der Waals surface area contributed by atoms with E-state index in [1.165, 1.54) is 0 Å². The zero-order valence-corrected chi connectivity index (χ0v) is 13.6. The van der Waals surface area contributed by atoms with Crippen molar-refractivity contribution in [2.75, 3.05) is 19.0 Å². The fourth-order valence-electron chi connectivity index (χ4n) is 2.53. The molecule has 0 saturated heterocycles. The van der Waals surface area contributed by atoms with E-state index in [9.17, 15) is 4.79 Å². The molecule has 1 aliphatic heterocycles. The minimum atomic E-state index is -0.143. The summed E-state index contributed by atoms with van der Waals surface area (Å²) in [7, 11) is 1.59. The largest absolute Gasteiger partial charge is 0.493 e. The molecule has 0 unspecified atom stereocenters. The Morgan fingerprint density at radius 3 is 2.74 bits per heavy atom. The highest BCUT2D eigenvalue weighted by atomic mass is 35.5. The topological polar surface area (TPSA) is 47.6 Å². The van der Waals surface area contributed by atoms with E-state index in [1.807, 2.05) is 37.3 Å². The molecule has 3 rings (SSSR count). The lowest BCUT2D eigenvalue weighted by atomic mass is 10.0. The van der Waals surface area contributed by atoms with E-state index in [0.717, 1.165) is 16.8 Å². The molecule has 5 heteroatoms. The number of nitrogens with one attached hydrogen (secondary N) is 1. The van der Waals surface area contributed by atoms with Crippen molar-refractivity contribution in [2.24, 2.45) is 0 Å². The van der Waals surface area contributed by atoms with Crippen LogP contribution in [0.3, 0.4) is 0 Å². The molecule has 118 valence electrons. The number of rotatable bonds is 4. The van der Waals surface area contributed by atoms with Crippen LogP contribution in [-0.4, -0.2) is 19.6 Å². The molecule has 0 spiro atoms. The first-order valence-electron chi connectivity index (χ1n) is 7.26. The Balaban J connectivity index is 2.01. The fraction of sp³-hybridized carbons (Fsp3) is 0.167. The maximum atomic E-state index is 12.2. The molecule has 1 amide bonds. The first-order chi connectivity index (χ1) is 11.1. The lowest BCUT2D eigenvalue weighted by Crippen LogP contribution is -2.03. The van der Waals surface area contributed by atoms with E-state index >= 15 is 0 Å². The van der Waals surface area contributed by atoms with Gasteiger partial charge in [-0.15, -0.1) is 0 Å². The predicted octanol–water partition coefficient (Wildman–Crippen LogP) is 4.24. The van der Waals surface area contributed by atoms with Gasteiger partial charge in [0.1, 0.15) is 0 Å². The highest BCUT2D eigenvalue weighted by Gasteiger charge is 2.24. The lowest BCUT2D eigenvalue weighted by molar-refractivity contribution is -0.110. The van der Waals surface area contributed by atoms with Gasteiger partial charge in [0.15, 0.2) is 11.5 Å². The van der Waals surface area contributed by atoms with Crippen LogP contribution >= 0.6 is 11.6 Å². The van der Waals surface area contributed by atoms with Gasteiger partial charge in [0, 0.05) is 16.2 Å². The molecule has 0 radical (unpaired) electrons. The van der Waals surface area contributed by atoms with Gasteiger partial charge in [-0.25, -0.2) is 0 Å². The zero-order chi connectivity index (χ0) is 16.4. The first-order valence-corrected chi connectivity index (χ1v) is 7.64. The van der Waals surface area contributed by atoms with Gasteiger partial charge in [-0.1, -0.05) is 23.7 Å². The number of benzene rings is 2. The van der Waals surface area contributed by atoms with Crippen LogP contribution in [-0.2, 0) is 4.79 Å². The number of amides is 1. The van der Waals surface area contributed by atoms with Gasteiger partial charge in [0.25, 0.3) is 5.91 Å². The lowest BCUT2D eigenvalue weighted by Gasteiger charge is -2.09. The van der Waals surface area contributed by atoms with E-state index in [1.54, 1.807) is 19.2 Å². The second-order valence-electron chi connectivity index (χ2n) is 5.05. The van der Waals surface area contributed by atoms with Crippen molar-refractivity contribution in [3.63, 3.8) is 0 Å². The predicted molar refractivity (Wildman–Crippen MR) is 92.1 cm³/mol. The first kappa shape index (κ1) is 15.4. The van der Waals surface area contributed by atoms with Crippen LogP contribution in [0.15, 0.2) is 36.4 Å². The summed E-state index contributed by atoms with van der Waals surface area (Å²) in [5, 5.41) is 3.41. The summed E-state index contributed by atoms with van der Waals surface area (Å²) in [6.45, 7) is 2.48. The van der Waals surface area contributed by atoms with Gasteiger partial charge in [-0.2, -0.15) is 0 Å². The van der Waals surface area contributed by atoms with Crippen molar-refractivity contribution in [2.45, 2.75) is 6.92 Å². The van der Waals surface area contributed by atoms with E-state index < -0.39 is 0 Å². The van der Waals surface area contributed by atoms with Crippen LogP contribution in [0, 0.1) is 0 Å². The van der Waals surface area contributed by atoms with E-state index in [-0.39, 0.29) is 5.91 Å². The molecule has 0 aromatic heterocycles. The fourth-order valence-corrected chi connectivity index (χ4v) is 2.70. The summed E-state index contributed by atoms with van der Waals surface area (Å²) in [6.07, 6.45) is 1.83. The summed E-state index contributed by atoms with van der Waals surface area (Å²) < 4.78 is 10.8. The van der Waals surface area contributed by atoms with E-state index in [4.69, 9.17) is 21.1 Å². The van der Waals surface area contributed by atoms with Gasteiger partial charge >= 0.3 is 0 Å². The van der Waals surface area contributed by atoms with Crippen LogP contribution in [0.4, 0.5) is 5.69 Å². The smallest absolute Gasteiger partial charge is 0.256 e. The maximum Gasteiger partial charge on any atom is 0.256 e. The molecular weight excluding hydrogens is 314 g/mol. The number of fused-ring (bicyclic) bond motifs is 1. The van der Waals surface area contributed by atoms with Crippen molar-refractivity contribution in [1.29, 1.82) is 0 Å². The average molecular weight is 330 g/mol. The number of carbonyl (C=O) groups excluding carboxylic acids is 1. The molecule has 0 bridgehead atoms. The molecule has 0 atom stereocenters. The average Bonchev–Trinajstić information content (AvgIpc) is 2.84. The molecule has 1 aliphatic rings. The number of carbonyl (C=O) groups is 1. The number of ether oxygens (including phenoxy) is 2. The summed E-state index contributed by atoms with van der Waals surface area (Å²) in [5.74, 6) is 1.17.